The Morgan fingerprint density at radius 3 is 2.25 bits per heavy atom. The van der Waals surface area contributed by atoms with Crippen LogP contribution >= 0.6 is 0 Å². The summed E-state index contributed by atoms with van der Waals surface area (Å²) < 4.78 is 0. The van der Waals surface area contributed by atoms with Crippen LogP contribution in [0.4, 0.5) is 0 Å². The van der Waals surface area contributed by atoms with E-state index in [9.17, 15) is 0 Å². The standard InChI is InChI=1S/C13H27N3/c1-7-12(2,3)16(6)10-8-9-13(4,11-14)15-5/h15H,7-10H2,1-6H3. The highest BCUT2D eigenvalue weighted by Gasteiger charge is 2.23. The Bertz CT molecular complexity index is 242. The summed E-state index contributed by atoms with van der Waals surface area (Å²) in [6.45, 7) is 9.73. The zero-order chi connectivity index (χ0) is 12.8. The topological polar surface area (TPSA) is 39.1 Å². The second-order valence-corrected chi connectivity index (χ2v) is 5.39. The van der Waals surface area contributed by atoms with Gasteiger partial charge in [-0.25, -0.2) is 0 Å². The summed E-state index contributed by atoms with van der Waals surface area (Å²) in [6, 6.07) is 2.32. The van der Waals surface area contributed by atoms with Crippen molar-refractivity contribution < 1.29 is 0 Å². The summed E-state index contributed by atoms with van der Waals surface area (Å²) in [4.78, 5) is 2.38. The number of rotatable bonds is 7. The van der Waals surface area contributed by atoms with Gasteiger partial charge in [0.05, 0.1) is 6.07 Å². The largest absolute Gasteiger partial charge is 0.303 e. The molecule has 0 aliphatic heterocycles. The lowest BCUT2D eigenvalue weighted by Gasteiger charge is -2.35. The van der Waals surface area contributed by atoms with E-state index in [-0.39, 0.29) is 11.1 Å². The quantitative estimate of drug-likeness (QED) is 0.723. The number of nitriles is 1. The summed E-state index contributed by atoms with van der Waals surface area (Å²) in [5.41, 5.74) is -0.125. The summed E-state index contributed by atoms with van der Waals surface area (Å²) in [6.07, 6.45) is 3.08. The molecule has 3 nitrogen and oxygen atoms in total. The second kappa shape index (κ2) is 6.22. The van der Waals surface area contributed by atoms with Gasteiger partial charge in [0.25, 0.3) is 0 Å². The number of hydrogen-bond acceptors (Lipinski definition) is 3. The van der Waals surface area contributed by atoms with Crippen LogP contribution in [0.5, 0.6) is 0 Å². The van der Waals surface area contributed by atoms with Crippen molar-refractivity contribution in [1.29, 1.82) is 5.26 Å². The molecule has 0 rings (SSSR count). The molecule has 3 heteroatoms. The first kappa shape index (κ1) is 15.4. The first-order valence-electron chi connectivity index (χ1n) is 6.12. The fourth-order valence-electron chi connectivity index (χ4n) is 1.48. The maximum atomic E-state index is 9.03. The lowest BCUT2D eigenvalue weighted by atomic mass is 9.96. The van der Waals surface area contributed by atoms with E-state index in [0.29, 0.717) is 0 Å². The van der Waals surface area contributed by atoms with Crippen LogP contribution < -0.4 is 5.32 Å². The van der Waals surface area contributed by atoms with Gasteiger partial charge in [-0.1, -0.05) is 6.92 Å². The van der Waals surface area contributed by atoms with E-state index in [1.165, 1.54) is 0 Å². The third-order valence-corrected chi connectivity index (χ3v) is 3.87. The molecule has 0 aliphatic rings. The molecule has 1 N–H and O–H groups in total. The molecule has 0 fully saturated rings. The Hall–Kier alpha value is -0.590. The second-order valence-electron chi connectivity index (χ2n) is 5.39. The van der Waals surface area contributed by atoms with Gasteiger partial charge in [0, 0.05) is 5.54 Å². The molecule has 0 radical (unpaired) electrons. The van der Waals surface area contributed by atoms with Crippen molar-refractivity contribution in [2.75, 3.05) is 20.6 Å². The minimum Gasteiger partial charge on any atom is -0.303 e. The molecule has 0 aromatic rings. The maximum absolute atomic E-state index is 9.03. The van der Waals surface area contributed by atoms with E-state index in [4.69, 9.17) is 5.26 Å². The SMILES string of the molecule is CCC(C)(C)N(C)CCCC(C)(C#N)NC. The van der Waals surface area contributed by atoms with Crippen LogP contribution in [0.3, 0.4) is 0 Å². The van der Waals surface area contributed by atoms with Crippen LogP contribution in [0.1, 0.15) is 47.0 Å². The van der Waals surface area contributed by atoms with E-state index >= 15 is 0 Å². The smallest absolute Gasteiger partial charge is 0.103 e. The van der Waals surface area contributed by atoms with Crippen LogP contribution in [-0.4, -0.2) is 36.6 Å². The van der Waals surface area contributed by atoms with Gasteiger partial charge in [0.15, 0.2) is 0 Å². The third kappa shape index (κ3) is 4.51. The average molecular weight is 225 g/mol. The molecule has 0 aliphatic carbocycles. The molecule has 0 heterocycles. The van der Waals surface area contributed by atoms with Gasteiger partial charge in [-0.05, 0) is 60.7 Å². The molecule has 1 atom stereocenters. The predicted molar refractivity (Wildman–Crippen MR) is 69.3 cm³/mol. The van der Waals surface area contributed by atoms with Crippen LogP contribution in [0.15, 0.2) is 0 Å². The van der Waals surface area contributed by atoms with Gasteiger partial charge in [-0.3, -0.25) is 0 Å². The lowest BCUT2D eigenvalue weighted by molar-refractivity contribution is 0.146. The van der Waals surface area contributed by atoms with E-state index in [1.54, 1.807) is 0 Å². The Labute approximate surface area is 101 Å². The van der Waals surface area contributed by atoms with Gasteiger partial charge < -0.3 is 10.2 Å². The fourth-order valence-corrected chi connectivity index (χ4v) is 1.48. The zero-order valence-electron chi connectivity index (χ0n) is 11.7. The zero-order valence-corrected chi connectivity index (χ0v) is 11.7. The Kier molecular flexibility index (Phi) is 5.99. The normalized spacial score (nSPS) is 15.9. The highest BCUT2D eigenvalue weighted by molar-refractivity contribution is 5.02. The molecule has 0 saturated carbocycles. The third-order valence-electron chi connectivity index (χ3n) is 3.87. The average Bonchev–Trinajstić information content (AvgIpc) is 2.28. The fraction of sp³-hybridized carbons (Fsp3) is 0.923. The van der Waals surface area contributed by atoms with Crippen molar-refractivity contribution in [3.63, 3.8) is 0 Å². The minimum absolute atomic E-state index is 0.253. The number of hydrogen-bond donors (Lipinski definition) is 1. The predicted octanol–water partition coefficient (Wildman–Crippen LogP) is 2.39. The van der Waals surface area contributed by atoms with Gasteiger partial charge in [-0.15, -0.1) is 0 Å². The molecule has 0 bridgehead atoms. The number of nitrogens with one attached hydrogen (secondary N) is 1. The lowest BCUT2D eigenvalue weighted by Crippen LogP contribution is -2.43. The van der Waals surface area contributed by atoms with E-state index in [0.717, 1.165) is 25.8 Å². The first-order valence-corrected chi connectivity index (χ1v) is 6.12. The molecule has 1 unspecified atom stereocenters. The summed E-state index contributed by atoms with van der Waals surface area (Å²) in [5.74, 6) is 0. The summed E-state index contributed by atoms with van der Waals surface area (Å²) in [5, 5.41) is 12.1. The first-order chi connectivity index (χ1) is 7.31. The van der Waals surface area contributed by atoms with Gasteiger partial charge in [0.2, 0.25) is 0 Å². The van der Waals surface area contributed by atoms with Crippen LogP contribution in [0.25, 0.3) is 0 Å². The highest BCUT2D eigenvalue weighted by Crippen LogP contribution is 2.18. The van der Waals surface area contributed by atoms with Gasteiger partial charge in [-0.2, -0.15) is 5.26 Å². The van der Waals surface area contributed by atoms with Gasteiger partial charge in [0.1, 0.15) is 5.54 Å². The Morgan fingerprint density at radius 2 is 1.88 bits per heavy atom. The summed E-state index contributed by atoms with van der Waals surface area (Å²) in [7, 11) is 4.01. The van der Waals surface area contributed by atoms with E-state index < -0.39 is 0 Å². The molecule has 0 spiro atoms. The molecule has 0 saturated heterocycles. The van der Waals surface area contributed by atoms with Crippen molar-refractivity contribution in [1.82, 2.24) is 10.2 Å². The maximum Gasteiger partial charge on any atom is 0.103 e. The molecule has 94 valence electrons. The Morgan fingerprint density at radius 1 is 1.31 bits per heavy atom. The monoisotopic (exact) mass is 225 g/mol. The molecule has 0 aromatic heterocycles. The van der Waals surface area contributed by atoms with Crippen molar-refractivity contribution >= 4 is 0 Å². The van der Waals surface area contributed by atoms with Crippen molar-refractivity contribution in [3.8, 4) is 6.07 Å². The van der Waals surface area contributed by atoms with Crippen molar-refractivity contribution in [3.05, 3.63) is 0 Å². The highest BCUT2D eigenvalue weighted by atomic mass is 15.2. The van der Waals surface area contributed by atoms with E-state index in [1.807, 2.05) is 14.0 Å². The molecule has 16 heavy (non-hydrogen) atoms. The van der Waals surface area contributed by atoms with Crippen LogP contribution in [0.2, 0.25) is 0 Å². The molecule has 0 aromatic carbocycles. The molecular formula is C13H27N3. The van der Waals surface area contributed by atoms with Crippen molar-refractivity contribution in [2.45, 2.75) is 58.0 Å². The Balaban J connectivity index is 4.05. The van der Waals surface area contributed by atoms with Gasteiger partial charge >= 0.3 is 0 Å². The molecular weight excluding hydrogens is 198 g/mol. The van der Waals surface area contributed by atoms with Crippen LogP contribution in [0, 0.1) is 11.3 Å². The van der Waals surface area contributed by atoms with Crippen molar-refractivity contribution in [2.24, 2.45) is 0 Å². The van der Waals surface area contributed by atoms with E-state index in [2.05, 4.69) is 44.1 Å². The number of nitrogens with zero attached hydrogens (tertiary/aromatic N) is 2. The van der Waals surface area contributed by atoms with Crippen LogP contribution in [-0.2, 0) is 0 Å². The minimum atomic E-state index is -0.378. The molecule has 0 amide bonds. The summed E-state index contributed by atoms with van der Waals surface area (Å²) >= 11 is 0.